The summed E-state index contributed by atoms with van der Waals surface area (Å²) in [6.07, 6.45) is 4.94. The summed E-state index contributed by atoms with van der Waals surface area (Å²) in [4.78, 5) is 28.3. The van der Waals surface area contributed by atoms with Crippen molar-refractivity contribution in [3.8, 4) is 11.5 Å². The molecule has 0 saturated heterocycles. The van der Waals surface area contributed by atoms with Gasteiger partial charge in [0.1, 0.15) is 0 Å². The van der Waals surface area contributed by atoms with E-state index in [9.17, 15) is 9.59 Å². The van der Waals surface area contributed by atoms with Gasteiger partial charge in [0, 0.05) is 28.9 Å². The second kappa shape index (κ2) is 9.32. The van der Waals surface area contributed by atoms with Crippen LogP contribution in [0.2, 0.25) is 0 Å². The number of methoxy groups -OCH3 is 2. The fourth-order valence-electron chi connectivity index (χ4n) is 2.70. The molecule has 2 N–H and O–H groups in total. The molecule has 29 heavy (non-hydrogen) atoms. The van der Waals surface area contributed by atoms with Crippen molar-refractivity contribution in [2.24, 2.45) is 5.10 Å². The molecule has 3 rings (SSSR count). The number of carbonyl (C=O) groups is 2. The molecule has 0 atom stereocenters. The van der Waals surface area contributed by atoms with Crippen LogP contribution in [0.1, 0.15) is 15.9 Å². The zero-order valence-electron chi connectivity index (χ0n) is 16.0. The molecular formula is C21H20N4O4. The molecular weight excluding hydrogens is 372 g/mol. The highest BCUT2D eigenvalue weighted by atomic mass is 16.5. The first-order valence-electron chi connectivity index (χ1n) is 8.77. The number of amides is 2. The number of hydrogen-bond acceptors (Lipinski definition) is 6. The summed E-state index contributed by atoms with van der Waals surface area (Å²) in [5.74, 6) is 0.0727. The topological polar surface area (TPSA) is 102 Å². The predicted octanol–water partition coefficient (Wildman–Crippen LogP) is 2.13. The highest BCUT2D eigenvalue weighted by Gasteiger charge is 2.11. The molecule has 8 heteroatoms. The SMILES string of the molecule is COc1ccc(C(=O)NCC(=O)NN=Cc2cncc3ccccc23)cc1OC. The molecule has 8 nitrogen and oxygen atoms in total. The van der Waals surface area contributed by atoms with Crippen molar-refractivity contribution in [3.05, 3.63) is 66.0 Å². The first kappa shape index (κ1) is 19.8. The molecule has 1 heterocycles. The Morgan fingerprint density at radius 2 is 1.86 bits per heavy atom. The van der Waals surface area contributed by atoms with Crippen LogP contribution in [0.25, 0.3) is 10.8 Å². The highest BCUT2D eigenvalue weighted by Crippen LogP contribution is 2.27. The number of ether oxygens (including phenoxy) is 2. The third kappa shape index (κ3) is 4.86. The average Bonchev–Trinajstić information content (AvgIpc) is 2.77. The van der Waals surface area contributed by atoms with E-state index in [4.69, 9.17) is 9.47 Å². The third-order valence-corrected chi connectivity index (χ3v) is 4.15. The van der Waals surface area contributed by atoms with E-state index in [0.717, 1.165) is 16.3 Å². The Balaban J connectivity index is 1.56. The number of carbonyl (C=O) groups excluding carboxylic acids is 2. The average molecular weight is 392 g/mol. The van der Waals surface area contributed by atoms with Crippen LogP contribution in [0, 0.1) is 0 Å². The number of pyridine rings is 1. The molecule has 2 aromatic carbocycles. The molecule has 0 aliphatic heterocycles. The quantitative estimate of drug-likeness (QED) is 0.474. The van der Waals surface area contributed by atoms with E-state index in [1.807, 2.05) is 24.3 Å². The fraction of sp³-hybridized carbons (Fsp3) is 0.143. The Morgan fingerprint density at radius 3 is 2.66 bits per heavy atom. The molecule has 0 aliphatic carbocycles. The standard InChI is InChI=1S/C21H20N4O4/c1-28-18-8-7-14(9-19(18)29-2)21(27)23-13-20(26)25-24-12-16-11-22-10-15-5-3-4-6-17(15)16/h3-12H,13H2,1-2H3,(H,23,27)(H,25,26). The molecule has 0 aliphatic rings. The number of rotatable bonds is 7. The molecule has 0 unspecified atom stereocenters. The molecule has 0 bridgehead atoms. The molecule has 0 fully saturated rings. The second-order valence-corrected chi connectivity index (χ2v) is 6.00. The maximum absolute atomic E-state index is 12.2. The van der Waals surface area contributed by atoms with Gasteiger partial charge in [-0.3, -0.25) is 14.6 Å². The molecule has 2 amide bonds. The van der Waals surface area contributed by atoms with Gasteiger partial charge in [-0.05, 0) is 23.6 Å². The van der Waals surface area contributed by atoms with Crippen molar-refractivity contribution in [1.82, 2.24) is 15.7 Å². The molecule has 0 saturated carbocycles. The van der Waals surface area contributed by atoms with Crippen LogP contribution in [0.3, 0.4) is 0 Å². The van der Waals surface area contributed by atoms with Crippen molar-refractivity contribution >= 4 is 28.8 Å². The summed E-state index contributed by atoms with van der Waals surface area (Å²) in [6.45, 7) is -0.224. The van der Waals surface area contributed by atoms with Crippen LogP contribution in [-0.2, 0) is 4.79 Å². The number of aromatic nitrogens is 1. The van der Waals surface area contributed by atoms with Crippen molar-refractivity contribution in [2.45, 2.75) is 0 Å². The van der Waals surface area contributed by atoms with Crippen LogP contribution in [0.5, 0.6) is 11.5 Å². The fourth-order valence-corrected chi connectivity index (χ4v) is 2.70. The minimum atomic E-state index is -0.455. The van der Waals surface area contributed by atoms with E-state index in [-0.39, 0.29) is 6.54 Å². The van der Waals surface area contributed by atoms with E-state index in [2.05, 4.69) is 20.8 Å². The maximum Gasteiger partial charge on any atom is 0.259 e. The lowest BCUT2D eigenvalue weighted by Crippen LogP contribution is -2.34. The molecule has 0 spiro atoms. The van der Waals surface area contributed by atoms with Gasteiger partial charge in [-0.15, -0.1) is 0 Å². The normalized spacial score (nSPS) is 10.7. The minimum absolute atomic E-state index is 0.224. The summed E-state index contributed by atoms with van der Waals surface area (Å²) in [5.41, 5.74) is 3.51. The zero-order valence-corrected chi connectivity index (χ0v) is 16.0. The zero-order chi connectivity index (χ0) is 20.6. The number of fused-ring (bicyclic) bond motifs is 1. The van der Waals surface area contributed by atoms with Gasteiger partial charge in [-0.1, -0.05) is 24.3 Å². The van der Waals surface area contributed by atoms with Gasteiger partial charge in [-0.25, -0.2) is 5.43 Å². The van der Waals surface area contributed by atoms with Gasteiger partial charge in [0.15, 0.2) is 11.5 Å². The van der Waals surface area contributed by atoms with Gasteiger partial charge in [0.2, 0.25) is 0 Å². The maximum atomic E-state index is 12.2. The van der Waals surface area contributed by atoms with Crippen LogP contribution < -0.4 is 20.2 Å². The summed E-state index contributed by atoms with van der Waals surface area (Å²) in [7, 11) is 2.99. The lowest BCUT2D eigenvalue weighted by atomic mass is 10.1. The van der Waals surface area contributed by atoms with Gasteiger partial charge >= 0.3 is 0 Å². The second-order valence-electron chi connectivity index (χ2n) is 6.00. The predicted molar refractivity (Wildman–Crippen MR) is 109 cm³/mol. The summed E-state index contributed by atoms with van der Waals surface area (Å²) < 4.78 is 10.3. The minimum Gasteiger partial charge on any atom is -0.493 e. The van der Waals surface area contributed by atoms with Crippen LogP contribution in [0.4, 0.5) is 0 Å². The molecule has 3 aromatic rings. The Morgan fingerprint density at radius 1 is 1.07 bits per heavy atom. The van der Waals surface area contributed by atoms with E-state index >= 15 is 0 Å². The Bertz CT molecular complexity index is 1060. The Labute approximate surface area is 167 Å². The monoisotopic (exact) mass is 392 g/mol. The van der Waals surface area contributed by atoms with Crippen LogP contribution in [0.15, 0.2) is 60.0 Å². The van der Waals surface area contributed by atoms with E-state index in [1.54, 1.807) is 24.5 Å². The van der Waals surface area contributed by atoms with E-state index in [0.29, 0.717) is 17.1 Å². The Hall–Kier alpha value is -3.94. The first-order chi connectivity index (χ1) is 14.1. The van der Waals surface area contributed by atoms with Gasteiger partial charge < -0.3 is 14.8 Å². The lowest BCUT2D eigenvalue weighted by molar-refractivity contribution is -0.120. The number of hydrogen-bond donors (Lipinski definition) is 2. The highest BCUT2D eigenvalue weighted by molar-refractivity contribution is 5.99. The van der Waals surface area contributed by atoms with E-state index in [1.165, 1.54) is 26.5 Å². The van der Waals surface area contributed by atoms with E-state index < -0.39 is 11.8 Å². The number of benzene rings is 2. The third-order valence-electron chi connectivity index (χ3n) is 4.15. The number of nitrogens with zero attached hydrogens (tertiary/aromatic N) is 2. The summed E-state index contributed by atoms with van der Waals surface area (Å²) in [5, 5.41) is 8.42. The van der Waals surface area contributed by atoms with Crippen molar-refractivity contribution in [3.63, 3.8) is 0 Å². The van der Waals surface area contributed by atoms with Crippen LogP contribution in [-0.4, -0.2) is 43.8 Å². The molecule has 148 valence electrons. The molecule has 0 radical (unpaired) electrons. The summed E-state index contributed by atoms with van der Waals surface area (Å²) in [6, 6.07) is 12.5. The van der Waals surface area contributed by atoms with Gasteiger partial charge in [0.25, 0.3) is 11.8 Å². The lowest BCUT2D eigenvalue weighted by Gasteiger charge is -2.09. The number of nitrogens with one attached hydrogen (secondary N) is 2. The van der Waals surface area contributed by atoms with Gasteiger partial charge in [-0.2, -0.15) is 5.10 Å². The summed E-state index contributed by atoms with van der Waals surface area (Å²) >= 11 is 0. The first-order valence-corrected chi connectivity index (χ1v) is 8.77. The smallest absolute Gasteiger partial charge is 0.259 e. The molecule has 1 aromatic heterocycles. The largest absolute Gasteiger partial charge is 0.493 e. The number of hydrazone groups is 1. The van der Waals surface area contributed by atoms with Crippen molar-refractivity contribution in [2.75, 3.05) is 20.8 Å². The van der Waals surface area contributed by atoms with Crippen molar-refractivity contribution < 1.29 is 19.1 Å². The van der Waals surface area contributed by atoms with Crippen molar-refractivity contribution in [1.29, 1.82) is 0 Å². The van der Waals surface area contributed by atoms with Crippen LogP contribution >= 0.6 is 0 Å². The van der Waals surface area contributed by atoms with Gasteiger partial charge in [0.05, 0.1) is 27.0 Å². The Kier molecular flexibility index (Phi) is 6.36.